The first-order valence-corrected chi connectivity index (χ1v) is 8.52. The van der Waals surface area contributed by atoms with E-state index in [-0.39, 0.29) is 30.6 Å². The first-order valence-electron chi connectivity index (χ1n) is 7.72. The number of aryl methyl sites for hydroxylation is 1. The Kier molecular flexibility index (Phi) is 5.28. The highest BCUT2D eigenvalue weighted by Gasteiger charge is 2.21. The van der Waals surface area contributed by atoms with Gasteiger partial charge < -0.3 is 9.32 Å². The topological polar surface area (TPSA) is 46.3 Å². The first-order chi connectivity index (χ1) is 12.0. The fourth-order valence-corrected chi connectivity index (χ4v) is 2.78. The van der Waals surface area contributed by atoms with Crippen molar-refractivity contribution < 1.29 is 13.6 Å². The maximum absolute atomic E-state index is 14.2. The van der Waals surface area contributed by atoms with Gasteiger partial charge in [-0.05, 0) is 43.3 Å². The van der Waals surface area contributed by atoms with E-state index < -0.39 is 0 Å². The molecule has 6 heteroatoms. The molecule has 0 atom stereocenters. The lowest BCUT2D eigenvalue weighted by atomic mass is 10.2. The maximum Gasteiger partial charge on any atom is 0.290 e. The molecule has 128 valence electrons. The van der Waals surface area contributed by atoms with Crippen LogP contribution in [0.2, 0.25) is 0 Å². The molecule has 3 aromatic rings. The summed E-state index contributed by atoms with van der Waals surface area (Å²) in [6, 6.07) is 13.6. The van der Waals surface area contributed by atoms with Crippen LogP contribution in [0.4, 0.5) is 4.39 Å². The van der Waals surface area contributed by atoms with Crippen LogP contribution in [0.3, 0.4) is 0 Å². The van der Waals surface area contributed by atoms with Crippen molar-refractivity contribution in [1.82, 2.24) is 9.88 Å². The SMILES string of the molecule is Cc1ccc(C(=O)N(Cc2ccccn2)Cc2ccc(Br)cc2F)o1. The van der Waals surface area contributed by atoms with Gasteiger partial charge in [-0.15, -0.1) is 0 Å². The molecular weight excluding hydrogens is 387 g/mol. The maximum atomic E-state index is 14.2. The highest BCUT2D eigenvalue weighted by Crippen LogP contribution is 2.20. The summed E-state index contributed by atoms with van der Waals surface area (Å²) in [5.41, 5.74) is 1.15. The van der Waals surface area contributed by atoms with Crippen LogP contribution in [0.5, 0.6) is 0 Å². The van der Waals surface area contributed by atoms with E-state index in [0.717, 1.165) is 5.69 Å². The zero-order valence-electron chi connectivity index (χ0n) is 13.6. The Balaban J connectivity index is 1.89. The van der Waals surface area contributed by atoms with E-state index >= 15 is 0 Å². The van der Waals surface area contributed by atoms with E-state index in [0.29, 0.717) is 15.8 Å². The first kappa shape index (κ1) is 17.4. The van der Waals surface area contributed by atoms with Gasteiger partial charge in [-0.3, -0.25) is 9.78 Å². The molecule has 0 saturated carbocycles. The fourth-order valence-electron chi connectivity index (χ4n) is 2.45. The summed E-state index contributed by atoms with van der Waals surface area (Å²) in [5, 5.41) is 0. The van der Waals surface area contributed by atoms with Gasteiger partial charge in [-0.1, -0.05) is 28.1 Å². The van der Waals surface area contributed by atoms with E-state index in [1.165, 1.54) is 11.0 Å². The van der Waals surface area contributed by atoms with Gasteiger partial charge in [-0.2, -0.15) is 0 Å². The highest BCUT2D eigenvalue weighted by molar-refractivity contribution is 9.10. The third-order valence-electron chi connectivity index (χ3n) is 3.69. The van der Waals surface area contributed by atoms with Gasteiger partial charge in [0.25, 0.3) is 5.91 Å². The average Bonchev–Trinajstić information content (AvgIpc) is 3.03. The second-order valence-electron chi connectivity index (χ2n) is 5.63. The molecule has 0 aliphatic heterocycles. The molecular formula is C19H16BrFN2O2. The molecule has 0 bridgehead atoms. The second kappa shape index (κ2) is 7.61. The number of hydrogen-bond acceptors (Lipinski definition) is 3. The predicted molar refractivity (Wildman–Crippen MR) is 95.4 cm³/mol. The van der Waals surface area contributed by atoms with Gasteiger partial charge in [-0.25, -0.2) is 4.39 Å². The van der Waals surface area contributed by atoms with Crippen LogP contribution in [-0.4, -0.2) is 15.8 Å². The van der Waals surface area contributed by atoms with Crippen molar-refractivity contribution in [1.29, 1.82) is 0 Å². The lowest BCUT2D eigenvalue weighted by Gasteiger charge is -2.22. The number of benzene rings is 1. The molecule has 25 heavy (non-hydrogen) atoms. The standard InChI is InChI=1S/C19H16BrFN2O2/c1-13-5-8-18(25-13)19(24)23(12-16-4-2-3-9-22-16)11-14-6-7-15(20)10-17(14)21/h2-10H,11-12H2,1H3. The van der Waals surface area contributed by atoms with Crippen molar-refractivity contribution in [2.45, 2.75) is 20.0 Å². The second-order valence-corrected chi connectivity index (χ2v) is 6.54. The molecule has 0 fully saturated rings. The largest absolute Gasteiger partial charge is 0.456 e. The molecule has 0 radical (unpaired) electrons. The summed E-state index contributed by atoms with van der Waals surface area (Å²) in [6.45, 7) is 2.15. The van der Waals surface area contributed by atoms with E-state index in [2.05, 4.69) is 20.9 Å². The normalized spacial score (nSPS) is 10.7. The molecule has 0 unspecified atom stereocenters. The number of nitrogens with zero attached hydrogens (tertiary/aromatic N) is 2. The van der Waals surface area contributed by atoms with Crippen molar-refractivity contribution in [2.24, 2.45) is 0 Å². The van der Waals surface area contributed by atoms with E-state index in [1.54, 1.807) is 43.5 Å². The van der Waals surface area contributed by atoms with Gasteiger partial charge in [0.1, 0.15) is 11.6 Å². The number of halogens is 2. The van der Waals surface area contributed by atoms with Crippen molar-refractivity contribution >= 4 is 21.8 Å². The number of aromatic nitrogens is 1. The molecule has 0 N–H and O–H groups in total. The third-order valence-corrected chi connectivity index (χ3v) is 4.19. The van der Waals surface area contributed by atoms with Crippen LogP contribution in [0.1, 0.15) is 27.6 Å². The van der Waals surface area contributed by atoms with E-state index in [1.807, 2.05) is 12.1 Å². The fraction of sp³-hybridized carbons (Fsp3) is 0.158. The van der Waals surface area contributed by atoms with Gasteiger partial charge in [0, 0.05) is 22.8 Å². The summed E-state index contributed by atoms with van der Waals surface area (Å²) in [4.78, 5) is 18.6. The number of pyridine rings is 1. The van der Waals surface area contributed by atoms with Crippen LogP contribution in [0, 0.1) is 12.7 Å². The molecule has 1 amide bonds. The lowest BCUT2D eigenvalue weighted by Crippen LogP contribution is -2.30. The van der Waals surface area contributed by atoms with Crippen LogP contribution in [0.25, 0.3) is 0 Å². The Labute approximate surface area is 153 Å². The minimum atomic E-state index is -0.371. The summed E-state index contributed by atoms with van der Waals surface area (Å²) in [5.74, 6) is 0.201. The average molecular weight is 403 g/mol. The van der Waals surface area contributed by atoms with Crippen molar-refractivity contribution in [3.63, 3.8) is 0 Å². The van der Waals surface area contributed by atoms with Crippen molar-refractivity contribution in [3.8, 4) is 0 Å². The summed E-state index contributed by atoms with van der Waals surface area (Å²) < 4.78 is 20.3. The number of carbonyl (C=O) groups is 1. The van der Waals surface area contributed by atoms with E-state index in [4.69, 9.17) is 4.42 Å². The number of carbonyl (C=O) groups excluding carboxylic acids is 1. The molecule has 0 saturated heterocycles. The van der Waals surface area contributed by atoms with Crippen molar-refractivity contribution in [2.75, 3.05) is 0 Å². The number of rotatable bonds is 5. The molecule has 0 aliphatic rings. The van der Waals surface area contributed by atoms with Gasteiger partial charge >= 0.3 is 0 Å². The molecule has 0 aliphatic carbocycles. The van der Waals surface area contributed by atoms with Crippen LogP contribution >= 0.6 is 15.9 Å². The van der Waals surface area contributed by atoms with Crippen molar-refractivity contribution in [3.05, 3.63) is 87.8 Å². The van der Waals surface area contributed by atoms with Gasteiger partial charge in [0.15, 0.2) is 5.76 Å². The third kappa shape index (κ3) is 4.33. The summed E-state index contributed by atoms with van der Waals surface area (Å²) >= 11 is 3.24. The van der Waals surface area contributed by atoms with Crippen LogP contribution in [-0.2, 0) is 13.1 Å². The Morgan fingerprint density at radius 2 is 2.04 bits per heavy atom. The zero-order chi connectivity index (χ0) is 17.8. The quantitative estimate of drug-likeness (QED) is 0.619. The Bertz CT molecular complexity index is 880. The Morgan fingerprint density at radius 3 is 2.68 bits per heavy atom. The zero-order valence-corrected chi connectivity index (χ0v) is 15.2. The Hall–Kier alpha value is -2.47. The minimum absolute atomic E-state index is 0.119. The van der Waals surface area contributed by atoms with Crippen LogP contribution in [0.15, 0.2) is 63.6 Å². The van der Waals surface area contributed by atoms with Gasteiger partial charge in [0.2, 0.25) is 0 Å². The molecule has 2 aromatic heterocycles. The molecule has 1 aromatic carbocycles. The molecule has 2 heterocycles. The summed E-state index contributed by atoms with van der Waals surface area (Å²) in [6.07, 6.45) is 1.66. The summed E-state index contributed by atoms with van der Waals surface area (Å²) in [7, 11) is 0. The van der Waals surface area contributed by atoms with Gasteiger partial charge in [0.05, 0.1) is 12.2 Å². The smallest absolute Gasteiger partial charge is 0.290 e. The lowest BCUT2D eigenvalue weighted by molar-refractivity contribution is 0.0692. The molecule has 0 spiro atoms. The Morgan fingerprint density at radius 1 is 1.20 bits per heavy atom. The monoisotopic (exact) mass is 402 g/mol. The minimum Gasteiger partial charge on any atom is -0.456 e. The highest BCUT2D eigenvalue weighted by atomic mass is 79.9. The number of hydrogen-bond donors (Lipinski definition) is 0. The number of furan rings is 1. The molecule has 4 nitrogen and oxygen atoms in total. The predicted octanol–water partition coefficient (Wildman–Crippen LogP) is 4.73. The molecule has 3 rings (SSSR count). The number of amides is 1. The van der Waals surface area contributed by atoms with Crippen LogP contribution < -0.4 is 0 Å². The van der Waals surface area contributed by atoms with E-state index in [9.17, 15) is 9.18 Å².